The molecular formula is C53H68N10O22. The quantitative estimate of drug-likeness (QED) is 0.0242. The first kappa shape index (κ1) is 69.3. The Kier molecular flexibility index (Phi) is 28.1. The number of amides is 8. The van der Waals surface area contributed by atoms with E-state index in [0.29, 0.717) is 11.1 Å². The Morgan fingerprint density at radius 2 is 0.671 bits per heavy atom. The van der Waals surface area contributed by atoms with E-state index >= 15 is 0 Å². The summed E-state index contributed by atoms with van der Waals surface area (Å²) in [7, 11) is 0. The number of nitrogens with two attached hydrogens (primary N) is 2. The lowest BCUT2D eigenvalue weighted by molar-refractivity contribution is -0.145. The minimum absolute atomic E-state index is 0.0497. The molecule has 0 spiro atoms. The first-order chi connectivity index (χ1) is 40.1. The van der Waals surface area contributed by atoms with Gasteiger partial charge in [0.1, 0.15) is 65.6 Å². The number of hydrogen-bond donors (Lipinski definition) is 19. The molecule has 3 aromatic rings. The van der Waals surface area contributed by atoms with Gasteiger partial charge in [-0.15, -0.1) is 0 Å². The summed E-state index contributed by atoms with van der Waals surface area (Å²) < 4.78 is 0. The molecule has 0 bridgehead atoms. The van der Waals surface area contributed by atoms with Crippen molar-refractivity contribution in [2.24, 2.45) is 11.5 Å². The number of aliphatic hydroxyl groups is 1. The zero-order valence-corrected chi connectivity index (χ0v) is 45.3. The molecule has 9 atom stereocenters. The van der Waals surface area contributed by atoms with Gasteiger partial charge in [0.15, 0.2) is 0 Å². The number of rotatable bonds is 37. The summed E-state index contributed by atoms with van der Waals surface area (Å²) in [5, 5.41) is 105. The number of aliphatic carboxylic acids is 5. The van der Waals surface area contributed by atoms with Gasteiger partial charge in [0.25, 0.3) is 0 Å². The monoisotopic (exact) mass is 1200 g/mol. The van der Waals surface area contributed by atoms with Gasteiger partial charge in [0.2, 0.25) is 47.3 Å². The maximum atomic E-state index is 14.3. The third-order valence-electron chi connectivity index (χ3n) is 12.4. The normalized spacial score (nSPS) is 14.1. The summed E-state index contributed by atoms with van der Waals surface area (Å²) in [6, 6.07) is -0.491. The van der Waals surface area contributed by atoms with Crippen LogP contribution in [0.1, 0.15) is 68.1 Å². The molecule has 0 fully saturated rings. The highest BCUT2D eigenvalue weighted by Gasteiger charge is 2.37. The molecule has 85 heavy (non-hydrogen) atoms. The number of aliphatic hydroxyl groups excluding tert-OH is 1. The number of unbranched alkanes of at least 4 members (excludes halogenated alkanes) is 1. The Morgan fingerprint density at radius 1 is 0.365 bits per heavy atom. The summed E-state index contributed by atoms with van der Waals surface area (Å²) in [4.78, 5) is 169. The van der Waals surface area contributed by atoms with E-state index in [4.69, 9.17) is 16.6 Å². The molecule has 0 heterocycles. The summed E-state index contributed by atoms with van der Waals surface area (Å²) >= 11 is 0. The smallest absolute Gasteiger partial charge is 0.326 e. The molecule has 0 radical (unpaired) electrons. The topological polar surface area (TPSA) is 552 Å². The number of benzene rings is 3. The molecular weight excluding hydrogens is 1130 g/mol. The van der Waals surface area contributed by atoms with E-state index in [-0.39, 0.29) is 61.5 Å². The maximum absolute atomic E-state index is 14.3. The third kappa shape index (κ3) is 25.0. The van der Waals surface area contributed by atoms with Crippen LogP contribution in [0.15, 0.2) is 72.8 Å². The lowest BCUT2D eigenvalue weighted by Crippen LogP contribution is -2.61. The summed E-state index contributed by atoms with van der Waals surface area (Å²) in [6.45, 7) is -1.12. The molecule has 8 amide bonds. The highest BCUT2D eigenvalue weighted by molar-refractivity contribution is 6.00. The van der Waals surface area contributed by atoms with Gasteiger partial charge in [-0.3, -0.25) is 57.5 Å². The molecule has 0 saturated carbocycles. The van der Waals surface area contributed by atoms with Crippen LogP contribution in [0.2, 0.25) is 0 Å². The first-order valence-electron chi connectivity index (χ1n) is 26.0. The van der Waals surface area contributed by atoms with Crippen LogP contribution in [0.25, 0.3) is 0 Å². The van der Waals surface area contributed by atoms with Crippen LogP contribution in [0, 0.1) is 0 Å². The molecule has 0 aliphatic heterocycles. The molecule has 0 aromatic heterocycles. The fourth-order valence-corrected chi connectivity index (χ4v) is 7.95. The second kappa shape index (κ2) is 34.5. The molecule has 3 aromatic carbocycles. The van der Waals surface area contributed by atoms with Crippen LogP contribution >= 0.6 is 0 Å². The SMILES string of the molecule is NCCCC[C@H](NC(=O)[C@H](CC(=O)O)NC(=O)[C@H](CO)NC(=O)[C@H](Cc1ccc(O)cc1)NC(=O)[C@@H](N)Cc1ccc(O)cc1)C(=O)N[C@@H](Cc1ccc(O)cc1)C(=O)N[C@@H](CC(=O)O)C(=O)N[C@@H](CC(=O)O)C(=O)N[C@@H](CCC(=O)O)C(=O)O. The largest absolute Gasteiger partial charge is 0.508 e. The lowest BCUT2D eigenvalue weighted by atomic mass is 10.0. The van der Waals surface area contributed by atoms with Crippen LogP contribution in [0.4, 0.5) is 0 Å². The van der Waals surface area contributed by atoms with Crippen molar-refractivity contribution in [3.63, 3.8) is 0 Å². The predicted molar refractivity (Wildman–Crippen MR) is 290 cm³/mol. The van der Waals surface area contributed by atoms with Crippen LogP contribution in [-0.4, -0.2) is 191 Å². The lowest BCUT2D eigenvalue weighted by Gasteiger charge is -2.27. The van der Waals surface area contributed by atoms with Gasteiger partial charge in [-0.05, 0) is 91.7 Å². The standard InChI is InChI=1S/C53H68N10O22/c54-18-2-1-3-33(46(77)59-36(21-28-8-14-31(67)15-9-28)47(78)60-39(24-44(74)75)51(82)61-38(23-43(72)73)50(81)57-34(53(84)85)16-17-41(68)69)56-49(80)37(22-42(70)71)62-52(83)40(25-64)63-48(79)35(20-27-6-12-30(66)13-7-27)58-45(76)32(55)19-26-4-10-29(65)11-5-26/h4-15,32-40,64-67H,1-3,16-25,54-55H2,(H,56,80)(H,57,81)(H,58,76)(H,59,77)(H,60,78)(H,61,82)(H,62,83)(H,63,79)(H,68,69)(H,70,71)(H,72,73)(H,74,75)(H,84,85)/t32-,33-,34-,35-,36-,37-,38-,39-,40-/m0/s1. The molecule has 0 aliphatic rings. The van der Waals surface area contributed by atoms with E-state index in [2.05, 4.69) is 31.9 Å². The van der Waals surface area contributed by atoms with Gasteiger partial charge < -0.3 is 100.0 Å². The third-order valence-corrected chi connectivity index (χ3v) is 12.4. The minimum Gasteiger partial charge on any atom is -0.508 e. The first-order valence-corrected chi connectivity index (χ1v) is 26.0. The number of hydrogen-bond acceptors (Lipinski definition) is 19. The van der Waals surface area contributed by atoms with E-state index in [9.17, 15) is 103 Å². The number of phenolic OH excluding ortho intramolecular Hbond substituents is 3. The molecule has 0 aliphatic carbocycles. The molecule has 0 saturated heterocycles. The van der Waals surface area contributed by atoms with Crippen LogP contribution in [0.3, 0.4) is 0 Å². The van der Waals surface area contributed by atoms with Gasteiger partial charge in [-0.1, -0.05) is 36.4 Å². The number of carbonyl (C=O) groups excluding carboxylic acids is 8. The summed E-state index contributed by atoms with van der Waals surface area (Å²) in [5.74, 6) is -18.9. The highest BCUT2D eigenvalue weighted by atomic mass is 16.4. The summed E-state index contributed by atoms with van der Waals surface area (Å²) in [6.07, 6.45) is -5.99. The molecule has 32 nitrogen and oxygen atoms in total. The maximum Gasteiger partial charge on any atom is 0.326 e. The number of carboxylic acids is 5. The van der Waals surface area contributed by atoms with Crippen molar-refractivity contribution < 1.29 is 108 Å². The molecule has 462 valence electrons. The van der Waals surface area contributed by atoms with E-state index in [1.165, 1.54) is 72.8 Å². The number of phenols is 3. The van der Waals surface area contributed by atoms with Crippen molar-refractivity contribution in [2.45, 2.75) is 125 Å². The predicted octanol–water partition coefficient (Wildman–Crippen LogP) is -4.47. The van der Waals surface area contributed by atoms with E-state index < -0.39 is 177 Å². The van der Waals surface area contributed by atoms with Gasteiger partial charge in [0.05, 0.1) is 31.9 Å². The Bertz CT molecular complexity index is 2860. The number of nitrogens with one attached hydrogen (secondary N) is 8. The second-order valence-electron chi connectivity index (χ2n) is 19.2. The van der Waals surface area contributed by atoms with Crippen molar-refractivity contribution in [2.75, 3.05) is 13.2 Å². The van der Waals surface area contributed by atoms with Crippen molar-refractivity contribution in [1.29, 1.82) is 0 Å². The Labute approximate surface area is 483 Å². The average Bonchev–Trinajstić information content (AvgIpc) is 3.64. The number of carboxylic acid groups (broad SMARTS) is 5. The fourth-order valence-electron chi connectivity index (χ4n) is 7.95. The van der Waals surface area contributed by atoms with E-state index in [1.54, 1.807) is 0 Å². The Morgan fingerprint density at radius 3 is 1.02 bits per heavy atom. The van der Waals surface area contributed by atoms with Gasteiger partial charge in [-0.2, -0.15) is 0 Å². The van der Waals surface area contributed by atoms with E-state index in [1.807, 2.05) is 10.6 Å². The van der Waals surface area contributed by atoms with Crippen LogP contribution in [0.5, 0.6) is 17.2 Å². The Balaban J connectivity index is 1.92. The molecule has 0 unspecified atom stereocenters. The highest BCUT2D eigenvalue weighted by Crippen LogP contribution is 2.16. The van der Waals surface area contributed by atoms with Crippen molar-refractivity contribution in [3.05, 3.63) is 89.5 Å². The van der Waals surface area contributed by atoms with Crippen molar-refractivity contribution in [1.82, 2.24) is 42.5 Å². The van der Waals surface area contributed by atoms with E-state index in [0.717, 1.165) is 0 Å². The zero-order chi connectivity index (χ0) is 63.5. The number of aromatic hydroxyl groups is 3. The van der Waals surface area contributed by atoms with Crippen LogP contribution < -0.4 is 54.0 Å². The minimum atomic E-state index is -2.19. The number of carbonyl (C=O) groups is 13. The fraction of sp³-hybridized carbons (Fsp3) is 0.415. The van der Waals surface area contributed by atoms with Crippen molar-refractivity contribution in [3.8, 4) is 17.2 Å². The summed E-state index contributed by atoms with van der Waals surface area (Å²) in [5.41, 5.74) is 12.9. The van der Waals surface area contributed by atoms with Gasteiger partial charge in [0, 0.05) is 19.3 Å². The average molecular weight is 1200 g/mol. The second-order valence-corrected chi connectivity index (χ2v) is 19.2. The van der Waals surface area contributed by atoms with Gasteiger partial charge in [-0.25, -0.2) is 4.79 Å². The zero-order valence-electron chi connectivity index (χ0n) is 45.3. The van der Waals surface area contributed by atoms with Gasteiger partial charge >= 0.3 is 29.8 Å². The Hall–Kier alpha value is -9.95. The molecule has 3 rings (SSSR count). The molecule has 21 N–H and O–H groups in total. The molecule has 32 heteroatoms. The van der Waals surface area contributed by atoms with Crippen LogP contribution in [-0.2, 0) is 81.6 Å². The van der Waals surface area contributed by atoms with Crippen molar-refractivity contribution >= 4 is 77.1 Å².